The highest BCUT2D eigenvalue weighted by molar-refractivity contribution is 5.98. The predicted octanol–water partition coefficient (Wildman–Crippen LogP) is 4.99. The van der Waals surface area contributed by atoms with Gasteiger partial charge in [0.15, 0.2) is 0 Å². The van der Waals surface area contributed by atoms with Gasteiger partial charge in [0.1, 0.15) is 29.5 Å². The summed E-state index contributed by atoms with van der Waals surface area (Å²) in [5.41, 5.74) is 3.70. The number of morpholine rings is 1. The molecule has 11 nitrogen and oxygen atoms in total. The lowest BCUT2D eigenvalue weighted by molar-refractivity contribution is 0.0520. The molecule has 2 aliphatic rings. The van der Waals surface area contributed by atoms with E-state index in [0.29, 0.717) is 69.2 Å². The zero-order chi connectivity index (χ0) is 30.6. The molecule has 0 saturated carbocycles. The average molecular weight is 589 g/mol. The molecule has 2 aliphatic heterocycles. The van der Waals surface area contributed by atoms with Crippen molar-refractivity contribution in [3.63, 3.8) is 0 Å². The first kappa shape index (κ1) is 30.1. The van der Waals surface area contributed by atoms with Crippen molar-refractivity contribution in [2.75, 3.05) is 49.7 Å². The molecule has 228 valence electrons. The predicted molar refractivity (Wildman–Crippen MR) is 165 cm³/mol. The Bertz CT molecular complexity index is 1430. The Morgan fingerprint density at radius 3 is 2.28 bits per heavy atom. The highest BCUT2D eigenvalue weighted by atomic mass is 16.6. The van der Waals surface area contributed by atoms with Crippen LogP contribution >= 0.6 is 0 Å². The largest absolute Gasteiger partial charge is 0.492 e. The van der Waals surface area contributed by atoms with Crippen molar-refractivity contribution in [3.05, 3.63) is 59.8 Å². The lowest BCUT2D eigenvalue weighted by atomic mass is 10.1. The standard InChI is InChI=1S/C32H40N6O5/c1-21(2)38-20-26-27(29(38)39)35-30(37-15-18-41-19-16-37)36-28(26)34-24-10-6-22(7-11-24)23-8-12-25(13-9-23)42-17-14-33-31(40)43-32(3,4)5/h6-13,21H,14-20H2,1-5H3,(H,33,40)(H,34,35,36). The summed E-state index contributed by atoms with van der Waals surface area (Å²) in [5.74, 6) is 1.85. The molecule has 11 heteroatoms. The van der Waals surface area contributed by atoms with Crippen LogP contribution in [-0.4, -0.2) is 78.0 Å². The van der Waals surface area contributed by atoms with Crippen LogP contribution in [0, 0.1) is 0 Å². The maximum atomic E-state index is 13.2. The van der Waals surface area contributed by atoms with Crippen molar-refractivity contribution in [2.45, 2.75) is 52.8 Å². The number of anilines is 3. The van der Waals surface area contributed by atoms with E-state index in [-0.39, 0.29) is 11.9 Å². The maximum absolute atomic E-state index is 13.2. The number of carbonyl (C=O) groups is 2. The van der Waals surface area contributed by atoms with Crippen molar-refractivity contribution in [1.29, 1.82) is 0 Å². The number of ether oxygens (including phenoxy) is 3. The second-order valence-electron chi connectivity index (χ2n) is 11.8. The third kappa shape index (κ3) is 7.53. The highest BCUT2D eigenvalue weighted by Crippen LogP contribution is 2.33. The number of aromatic nitrogens is 2. The summed E-state index contributed by atoms with van der Waals surface area (Å²) in [5, 5.41) is 6.14. The molecule has 0 bridgehead atoms. The van der Waals surface area contributed by atoms with E-state index in [4.69, 9.17) is 24.2 Å². The van der Waals surface area contributed by atoms with Crippen molar-refractivity contribution in [2.24, 2.45) is 0 Å². The Labute approximate surface area is 252 Å². The van der Waals surface area contributed by atoms with E-state index in [2.05, 4.69) is 15.5 Å². The quantitative estimate of drug-likeness (QED) is 0.333. The minimum atomic E-state index is -0.534. The topological polar surface area (TPSA) is 118 Å². The number of carbonyl (C=O) groups excluding carboxylic acids is 2. The second kappa shape index (κ2) is 12.9. The zero-order valence-electron chi connectivity index (χ0n) is 25.5. The maximum Gasteiger partial charge on any atom is 0.407 e. The summed E-state index contributed by atoms with van der Waals surface area (Å²) in [4.78, 5) is 38.4. The Hall–Kier alpha value is -4.38. The van der Waals surface area contributed by atoms with Gasteiger partial charge in [-0.25, -0.2) is 9.78 Å². The molecule has 3 heterocycles. The van der Waals surface area contributed by atoms with Crippen molar-refractivity contribution in [1.82, 2.24) is 20.2 Å². The molecular weight excluding hydrogens is 548 g/mol. The lowest BCUT2D eigenvalue weighted by Crippen LogP contribution is -2.37. The molecule has 2 amide bonds. The Morgan fingerprint density at radius 1 is 1.00 bits per heavy atom. The first-order valence-electron chi connectivity index (χ1n) is 14.7. The van der Waals surface area contributed by atoms with Gasteiger partial charge in [-0.15, -0.1) is 0 Å². The van der Waals surface area contributed by atoms with E-state index in [1.165, 1.54) is 0 Å². The Balaban J connectivity index is 1.24. The van der Waals surface area contributed by atoms with Crippen molar-refractivity contribution < 1.29 is 23.8 Å². The minimum absolute atomic E-state index is 0.0614. The fraction of sp³-hybridized carbons (Fsp3) is 0.438. The summed E-state index contributed by atoms with van der Waals surface area (Å²) in [6.07, 6.45) is -0.461. The second-order valence-corrected chi connectivity index (χ2v) is 11.8. The van der Waals surface area contributed by atoms with Crippen LogP contribution in [0.25, 0.3) is 11.1 Å². The van der Waals surface area contributed by atoms with E-state index in [9.17, 15) is 9.59 Å². The SMILES string of the molecule is CC(C)N1Cc2c(Nc3ccc(-c4ccc(OCCNC(=O)OC(C)(C)C)cc4)cc3)nc(N3CCOCC3)nc2C1=O. The Morgan fingerprint density at radius 2 is 1.65 bits per heavy atom. The summed E-state index contributed by atoms with van der Waals surface area (Å²) in [6.45, 7) is 13.2. The molecular formula is C32H40N6O5. The van der Waals surface area contributed by atoms with Gasteiger partial charge < -0.3 is 34.6 Å². The first-order valence-corrected chi connectivity index (χ1v) is 14.7. The first-order chi connectivity index (χ1) is 20.6. The fourth-order valence-corrected chi connectivity index (χ4v) is 4.86. The van der Waals surface area contributed by atoms with Gasteiger partial charge in [-0.3, -0.25) is 4.79 Å². The van der Waals surface area contributed by atoms with Gasteiger partial charge >= 0.3 is 6.09 Å². The van der Waals surface area contributed by atoms with Crippen LogP contribution in [0.5, 0.6) is 5.75 Å². The number of amides is 2. The number of alkyl carbamates (subject to hydrolysis) is 1. The van der Waals surface area contributed by atoms with Crippen molar-refractivity contribution in [3.8, 4) is 16.9 Å². The van der Waals surface area contributed by atoms with E-state index in [0.717, 1.165) is 22.4 Å². The summed E-state index contributed by atoms with van der Waals surface area (Å²) >= 11 is 0. The van der Waals surface area contributed by atoms with Crippen LogP contribution in [0.4, 0.5) is 22.2 Å². The van der Waals surface area contributed by atoms with Gasteiger partial charge in [-0.05, 0) is 70.0 Å². The van der Waals surface area contributed by atoms with Gasteiger partial charge in [0.05, 0.1) is 26.3 Å². The molecule has 0 spiro atoms. The molecule has 5 rings (SSSR count). The Kier molecular flexibility index (Phi) is 9.00. The normalized spacial score (nSPS) is 15.0. The van der Waals surface area contributed by atoms with Gasteiger partial charge in [0.2, 0.25) is 5.95 Å². The molecule has 2 aromatic carbocycles. The number of hydrogen-bond donors (Lipinski definition) is 2. The van der Waals surface area contributed by atoms with Gasteiger partial charge in [0, 0.05) is 30.4 Å². The van der Waals surface area contributed by atoms with Crippen LogP contribution < -0.4 is 20.3 Å². The van der Waals surface area contributed by atoms with E-state index >= 15 is 0 Å². The van der Waals surface area contributed by atoms with E-state index in [1.54, 1.807) is 0 Å². The number of hydrogen-bond acceptors (Lipinski definition) is 9. The lowest BCUT2D eigenvalue weighted by Gasteiger charge is -2.27. The van der Waals surface area contributed by atoms with Crippen LogP contribution in [0.1, 0.15) is 50.7 Å². The molecule has 43 heavy (non-hydrogen) atoms. The minimum Gasteiger partial charge on any atom is -0.492 e. The molecule has 1 saturated heterocycles. The monoisotopic (exact) mass is 588 g/mol. The molecule has 1 fully saturated rings. The summed E-state index contributed by atoms with van der Waals surface area (Å²) in [7, 11) is 0. The van der Waals surface area contributed by atoms with Gasteiger partial charge in [-0.1, -0.05) is 24.3 Å². The average Bonchev–Trinajstić information content (AvgIpc) is 3.32. The number of rotatable bonds is 9. The highest BCUT2D eigenvalue weighted by Gasteiger charge is 2.35. The molecule has 0 aliphatic carbocycles. The zero-order valence-corrected chi connectivity index (χ0v) is 25.5. The molecule has 0 unspecified atom stereocenters. The number of nitrogens with one attached hydrogen (secondary N) is 2. The summed E-state index contributed by atoms with van der Waals surface area (Å²) < 4.78 is 16.5. The molecule has 2 N–H and O–H groups in total. The molecule has 0 atom stereocenters. The van der Waals surface area contributed by atoms with Crippen LogP contribution in [0.2, 0.25) is 0 Å². The third-order valence-electron chi connectivity index (χ3n) is 7.08. The van der Waals surface area contributed by atoms with Gasteiger partial charge in [-0.2, -0.15) is 4.98 Å². The van der Waals surface area contributed by atoms with E-state index < -0.39 is 11.7 Å². The fourth-order valence-electron chi connectivity index (χ4n) is 4.86. The molecule has 1 aromatic heterocycles. The van der Waals surface area contributed by atoms with Crippen LogP contribution in [0.15, 0.2) is 48.5 Å². The number of fused-ring (bicyclic) bond motifs is 1. The van der Waals surface area contributed by atoms with Crippen molar-refractivity contribution >= 4 is 29.5 Å². The van der Waals surface area contributed by atoms with Gasteiger partial charge in [0.25, 0.3) is 5.91 Å². The van der Waals surface area contributed by atoms with Crippen LogP contribution in [0.3, 0.4) is 0 Å². The third-order valence-corrected chi connectivity index (χ3v) is 7.08. The summed E-state index contributed by atoms with van der Waals surface area (Å²) in [6, 6.07) is 16.0. The number of benzene rings is 2. The molecule has 3 aromatic rings. The molecule has 0 radical (unpaired) electrons. The van der Waals surface area contributed by atoms with E-state index in [1.807, 2.05) is 88.0 Å². The van der Waals surface area contributed by atoms with Crippen LogP contribution in [-0.2, 0) is 16.0 Å². The number of nitrogens with zero attached hydrogens (tertiary/aromatic N) is 4. The smallest absolute Gasteiger partial charge is 0.407 e.